The standard InChI is InChI=1S/C8H14N2O3/c1-2-10-4-3-9-8(10)7(13)6(12)5-11/h3-4,6-7,11-13H,2,5H2,1H3. The second-order valence-corrected chi connectivity index (χ2v) is 2.77. The summed E-state index contributed by atoms with van der Waals surface area (Å²) in [5.74, 6) is 0.379. The predicted octanol–water partition coefficient (Wildman–Crippen LogP) is -0.710. The fraction of sp³-hybridized carbons (Fsp3) is 0.625. The molecule has 0 aliphatic rings. The fourth-order valence-electron chi connectivity index (χ4n) is 1.13. The minimum absolute atomic E-state index is 0.379. The van der Waals surface area contributed by atoms with Gasteiger partial charge in [0.1, 0.15) is 18.0 Å². The number of hydrogen-bond donors (Lipinski definition) is 3. The van der Waals surface area contributed by atoms with Gasteiger partial charge in [0.15, 0.2) is 0 Å². The van der Waals surface area contributed by atoms with Gasteiger partial charge in [0, 0.05) is 18.9 Å². The maximum absolute atomic E-state index is 9.50. The zero-order valence-corrected chi connectivity index (χ0v) is 7.46. The molecule has 0 saturated carbocycles. The Bertz CT molecular complexity index is 262. The third-order valence-electron chi connectivity index (χ3n) is 1.90. The molecule has 2 unspecified atom stereocenters. The lowest BCUT2D eigenvalue weighted by Gasteiger charge is -2.15. The van der Waals surface area contributed by atoms with Crippen LogP contribution in [-0.4, -0.2) is 37.6 Å². The van der Waals surface area contributed by atoms with Crippen molar-refractivity contribution in [1.29, 1.82) is 0 Å². The number of hydrogen-bond acceptors (Lipinski definition) is 4. The van der Waals surface area contributed by atoms with Crippen LogP contribution < -0.4 is 0 Å². The van der Waals surface area contributed by atoms with Crippen LogP contribution in [0.2, 0.25) is 0 Å². The predicted molar refractivity (Wildman–Crippen MR) is 46.0 cm³/mol. The van der Waals surface area contributed by atoms with E-state index in [9.17, 15) is 5.11 Å². The van der Waals surface area contributed by atoms with E-state index in [0.29, 0.717) is 12.4 Å². The van der Waals surface area contributed by atoms with Crippen LogP contribution in [0.3, 0.4) is 0 Å². The van der Waals surface area contributed by atoms with E-state index in [1.54, 1.807) is 17.0 Å². The van der Waals surface area contributed by atoms with Gasteiger partial charge in [-0.1, -0.05) is 0 Å². The van der Waals surface area contributed by atoms with E-state index >= 15 is 0 Å². The average Bonchev–Trinajstić information content (AvgIpc) is 2.62. The first-order valence-electron chi connectivity index (χ1n) is 4.18. The van der Waals surface area contributed by atoms with Crippen LogP contribution in [0.1, 0.15) is 18.9 Å². The van der Waals surface area contributed by atoms with Crippen molar-refractivity contribution in [2.45, 2.75) is 25.7 Å². The van der Waals surface area contributed by atoms with Gasteiger partial charge in [-0.05, 0) is 6.92 Å². The first-order chi connectivity index (χ1) is 6.20. The van der Waals surface area contributed by atoms with E-state index in [-0.39, 0.29) is 0 Å². The molecule has 3 N–H and O–H groups in total. The van der Waals surface area contributed by atoms with Crippen LogP contribution in [0.5, 0.6) is 0 Å². The monoisotopic (exact) mass is 186 g/mol. The lowest BCUT2D eigenvalue weighted by atomic mass is 10.2. The molecule has 5 nitrogen and oxygen atoms in total. The number of nitrogens with zero attached hydrogens (tertiary/aromatic N) is 2. The number of aryl methyl sites for hydroxylation is 1. The van der Waals surface area contributed by atoms with E-state index < -0.39 is 18.8 Å². The summed E-state index contributed by atoms with van der Waals surface area (Å²) in [6.45, 7) is 2.10. The first kappa shape index (κ1) is 10.2. The molecule has 5 heteroatoms. The Morgan fingerprint density at radius 1 is 1.54 bits per heavy atom. The SMILES string of the molecule is CCn1ccnc1C(O)C(O)CO. The molecule has 1 aromatic heterocycles. The topological polar surface area (TPSA) is 78.5 Å². The van der Waals surface area contributed by atoms with Crippen molar-refractivity contribution in [3.8, 4) is 0 Å². The van der Waals surface area contributed by atoms with E-state index in [4.69, 9.17) is 10.2 Å². The highest BCUT2D eigenvalue weighted by atomic mass is 16.4. The summed E-state index contributed by atoms with van der Waals surface area (Å²) in [7, 11) is 0. The van der Waals surface area contributed by atoms with Crippen LogP contribution in [0.15, 0.2) is 12.4 Å². The second-order valence-electron chi connectivity index (χ2n) is 2.77. The van der Waals surface area contributed by atoms with Gasteiger partial charge in [0.05, 0.1) is 6.61 Å². The van der Waals surface area contributed by atoms with E-state index in [2.05, 4.69) is 4.98 Å². The summed E-state index contributed by atoms with van der Waals surface area (Å²) in [6.07, 6.45) is 0.960. The Morgan fingerprint density at radius 3 is 2.77 bits per heavy atom. The zero-order valence-electron chi connectivity index (χ0n) is 7.46. The van der Waals surface area contributed by atoms with Gasteiger partial charge in [0.25, 0.3) is 0 Å². The van der Waals surface area contributed by atoms with Crippen molar-refractivity contribution < 1.29 is 15.3 Å². The van der Waals surface area contributed by atoms with E-state index in [1.165, 1.54) is 0 Å². The molecule has 0 radical (unpaired) electrons. The summed E-state index contributed by atoms with van der Waals surface area (Å²) in [5.41, 5.74) is 0. The first-order valence-corrected chi connectivity index (χ1v) is 4.18. The van der Waals surface area contributed by atoms with Gasteiger partial charge in [0.2, 0.25) is 0 Å². The van der Waals surface area contributed by atoms with Crippen molar-refractivity contribution in [2.75, 3.05) is 6.61 Å². The summed E-state index contributed by atoms with van der Waals surface area (Å²) in [4.78, 5) is 3.90. The second kappa shape index (κ2) is 4.36. The Kier molecular flexibility index (Phi) is 3.41. The molecule has 0 spiro atoms. The molecule has 2 atom stereocenters. The van der Waals surface area contributed by atoms with Crippen LogP contribution in [0.4, 0.5) is 0 Å². The number of rotatable bonds is 4. The van der Waals surface area contributed by atoms with Gasteiger partial charge in [-0.3, -0.25) is 0 Å². The Labute approximate surface area is 76.3 Å². The van der Waals surface area contributed by atoms with Crippen molar-refractivity contribution in [2.24, 2.45) is 0 Å². The van der Waals surface area contributed by atoms with Crippen molar-refractivity contribution in [3.05, 3.63) is 18.2 Å². The maximum atomic E-state index is 9.50. The molecule has 1 heterocycles. The molecule has 1 aromatic rings. The summed E-state index contributed by atoms with van der Waals surface area (Å²) >= 11 is 0. The third kappa shape index (κ3) is 2.06. The fourth-order valence-corrected chi connectivity index (χ4v) is 1.13. The Balaban J connectivity index is 2.81. The quantitative estimate of drug-likeness (QED) is 0.580. The number of imidazole rings is 1. The van der Waals surface area contributed by atoms with Crippen LogP contribution in [0.25, 0.3) is 0 Å². The van der Waals surface area contributed by atoms with E-state index in [0.717, 1.165) is 0 Å². The summed E-state index contributed by atoms with van der Waals surface area (Å²) < 4.78 is 1.71. The number of aromatic nitrogens is 2. The molecule has 0 bridgehead atoms. The molecule has 0 aromatic carbocycles. The van der Waals surface area contributed by atoms with Crippen molar-refractivity contribution in [3.63, 3.8) is 0 Å². The van der Waals surface area contributed by atoms with Crippen LogP contribution in [0, 0.1) is 0 Å². The smallest absolute Gasteiger partial charge is 0.140 e. The van der Waals surface area contributed by atoms with Gasteiger partial charge in [-0.25, -0.2) is 4.98 Å². The largest absolute Gasteiger partial charge is 0.394 e. The molecule has 0 aliphatic carbocycles. The van der Waals surface area contributed by atoms with Crippen LogP contribution in [-0.2, 0) is 6.54 Å². The number of aliphatic hydroxyl groups excluding tert-OH is 3. The molecular formula is C8H14N2O3. The molecule has 0 saturated heterocycles. The zero-order chi connectivity index (χ0) is 9.84. The molecule has 13 heavy (non-hydrogen) atoms. The summed E-state index contributed by atoms with van der Waals surface area (Å²) in [6, 6.07) is 0. The van der Waals surface area contributed by atoms with Gasteiger partial charge < -0.3 is 19.9 Å². The van der Waals surface area contributed by atoms with Gasteiger partial charge >= 0.3 is 0 Å². The van der Waals surface area contributed by atoms with Gasteiger partial charge in [-0.15, -0.1) is 0 Å². The number of aliphatic hydroxyl groups is 3. The average molecular weight is 186 g/mol. The molecule has 0 fully saturated rings. The lowest BCUT2D eigenvalue weighted by Crippen LogP contribution is -2.24. The maximum Gasteiger partial charge on any atom is 0.140 e. The highest BCUT2D eigenvalue weighted by Crippen LogP contribution is 2.14. The minimum Gasteiger partial charge on any atom is -0.394 e. The normalized spacial score (nSPS) is 15.7. The molecule has 74 valence electrons. The molecule has 0 amide bonds. The minimum atomic E-state index is -1.17. The Morgan fingerprint density at radius 2 is 2.23 bits per heavy atom. The van der Waals surface area contributed by atoms with Crippen molar-refractivity contribution >= 4 is 0 Å². The molecule has 0 aliphatic heterocycles. The highest BCUT2D eigenvalue weighted by molar-refractivity contribution is 4.98. The molecular weight excluding hydrogens is 172 g/mol. The van der Waals surface area contributed by atoms with E-state index in [1.807, 2.05) is 6.92 Å². The highest BCUT2D eigenvalue weighted by Gasteiger charge is 2.21. The van der Waals surface area contributed by atoms with Crippen LogP contribution >= 0.6 is 0 Å². The molecule has 1 rings (SSSR count). The summed E-state index contributed by atoms with van der Waals surface area (Å²) in [5, 5.41) is 27.3. The van der Waals surface area contributed by atoms with Crippen molar-refractivity contribution in [1.82, 2.24) is 9.55 Å². The Hall–Kier alpha value is -0.910. The third-order valence-corrected chi connectivity index (χ3v) is 1.90. The van der Waals surface area contributed by atoms with Gasteiger partial charge in [-0.2, -0.15) is 0 Å². The lowest BCUT2D eigenvalue weighted by molar-refractivity contribution is -0.0209.